The summed E-state index contributed by atoms with van der Waals surface area (Å²) >= 11 is 11.3. The van der Waals surface area contributed by atoms with Crippen molar-refractivity contribution in [2.45, 2.75) is 5.38 Å². The van der Waals surface area contributed by atoms with Crippen molar-refractivity contribution in [3.8, 4) is 11.8 Å². The fourth-order valence-electron chi connectivity index (χ4n) is 0.763. The molecule has 0 aliphatic rings. The van der Waals surface area contributed by atoms with Gasteiger partial charge < -0.3 is 4.74 Å². The summed E-state index contributed by atoms with van der Waals surface area (Å²) in [6.07, 6.45) is 0. The Kier molecular flexibility index (Phi) is 3.88. The molecule has 1 unspecified atom stereocenters. The third kappa shape index (κ3) is 3.54. The van der Waals surface area contributed by atoms with E-state index < -0.39 is 5.38 Å². The average molecular weight is 216 g/mol. The first-order valence-electron chi connectivity index (χ1n) is 3.64. The summed E-state index contributed by atoms with van der Waals surface area (Å²) in [5.41, 5.74) is 0. The monoisotopic (exact) mass is 215 g/mol. The van der Waals surface area contributed by atoms with Gasteiger partial charge in [-0.3, -0.25) is 0 Å². The smallest absolute Gasteiger partial charge is 0.154 e. The lowest BCUT2D eigenvalue weighted by Crippen LogP contribution is -2.08. The van der Waals surface area contributed by atoms with Crippen molar-refractivity contribution in [2.24, 2.45) is 0 Å². The SMILES string of the molecule is N#CC(Cl)COc1cccc(Cl)c1. The Bertz CT molecular complexity index is 322. The predicted molar refractivity (Wildman–Crippen MR) is 52.2 cm³/mol. The zero-order valence-electron chi connectivity index (χ0n) is 6.71. The van der Waals surface area contributed by atoms with Crippen molar-refractivity contribution in [3.05, 3.63) is 29.3 Å². The highest BCUT2D eigenvalue weighted by Crippen LogP contribution is 2.17. The van der Waals surface area contributed by atoms with Crippen LogP contribution >= 0.6 is 23.2 Å². The normalized spacial score (nSPS) is 11.8. The van der Waals surface area contributed by atoms with Crippen molar-refractivity contribution in [2.75, 3.05) is 6.61 Å². The molecule has 1 aromatic rings. The van der Waals surface area contributed by atoms with E-state index in [1.165, 1.54) is 0 Å². The number of nitriles is 1. The Labute approximate surface area is 86.6 Å². The number of alkyl halides is 1. The van der Waals surface area contributed by atoms with E-state index >= 15 is 0 Å². The minimum Gasteiger partial charge on any atom is -0.491 e. The summed E-state index contributed by atoms with van der Waals surface area (Å²) in [7, 11) is 0. The molecule has 0 saturated heterocycles. The van der Waals surface area contributed by atoms with Crippen LogP contribution < -0.4 is 4.74 Å². The molecule has 0 heterocycles. The zero-order chi connectivity index (χ0) is 9.68. The van der Waals surface area contributed by atoms with E-state index in [9.17, 15) is 0 Å². The number of hydrogen-bond donors (Lipinski definition) is 0. The molecule has 0 N–H and O–H groups in total. The highest BCUT2D eigenvalue weighted by atomic mass is 35.5. The van der Waals surface area contributed by atoms with Gasteiger partial charge >= 0.3 is 0 Å². The lowest BCUT2D eigenvalue weighted by Gasteiger charge is -2.05. The van der Waals surface area contributed by atoms with Gasteiger partial charge in [0.1, 0.15) is 12.4 Å². The molecule has 4 heteroatoms. The van der Waals surface area contributed by atoms with Crippen LogP contribution in [-0.2, 0) is 0 Å². The topological polar surface area (TPSA) is 33.0 Å². The second-order valence-electron chi connectivity index (χ2n) is 2.37. The number of ether oxygens (including phenoxy) is 1. The molecule has 68 valence electrons. The minimum atomic E-state index is -0.626. The summed E-state index contributed by atoms with van der Waals surface area (Å²) in [6, 6.07) is 8.80. The van der Waals surface area contributed by atoms with Gasteiger partial charge in [-0.15, -0.1) is 11.6 Å². The van der Waals surface area contributed by atoms with Gasteiger partial charge in [-0.25, -0.2) is 0 Å². The first kappa shape index (κ1) is 10.2. The summed E-state index contributed by atoms with van der Waals surface area (Å²) in [5.74, 6) is 0.619. The van der Waals surface area contributed by atoms with Gasteiger partial charge in [-0.05, 0) is 18.2 Å². The molecular formula is C9H7Cl2NO. The third-order valence-corrected chi connectivity index (χ3v) is 1.79. The lowest BCUT2D eigenvalue weighted by atomic mass is 10.3. The molecule has 0 bridgehead atoms. The first-order chi connectivity index (χ1) is 6.22. The molecule has 1 atom stereocenters. The Hall–Kier alpha value is -0.910. The molecule has 1 aromatic carbocycles. The predicted octanol–water partition coefficient (Wildman–Crippen LogP) is 2.85. The molecule has 0 amide bonds. The van der Waals surface area contributed by atoms with Crippen LogP contribution in [0.5, 0.6) is 5.75 Å². The fraction of sp³-hybridized carbons (Fsp3) is 0.222. The molecule has 1 rings (SSSR count). The van der Waals surface area contributed by atoms with Gasteiger partial charge in [0.25, 0.3) is 0 Å². The van der Waals surface area contributed by atoms with E-state index in [1.807, 2.05) is 6.07 Å². The Balaban J connectivity index is 2.51. The summed E-state index contributed by atoms with van der Waals surface area (Å²) in [6.45, 7) is 0.165. The maximum Gasteiger partial charge on any atom is 0.154 e. The standard InChI is InChI=1S/C9H7Cl2NO/c10-7-2-1-3-9(4-7)13-6-8(11)5-12/h1-4,8H,6H2. The molecule has 0 radical (unpaired) electrons. The van der Waals surface area contributed by atoms with Gasteiger partial charge in [0.2, 0.25) is 0 Å². The van der Waals surface area contributed by atoms with Crippen molar-refractivity contribution in [1.29, 1.82) is 5.26 Å². The maximum atomic E-state index is 8.38. The van der Waals surface area contributed by atoms with Crippen LogP contribution in [0.25, 0.3) is 0 Å². The minimum absolute atomic E-state index is 0.165. The molecule has 0 saturated carbocycles. The van der Waals surface area contributed by atoms with E-state index in [-0.39, 0.29) is 6.61 Å². The summed E-state index contributed by atoms with van der Waals surface area (Å²) < 4.78 is 5.20. The Morgan fingerprint density at radius 1 is 1.54 bits per heavy atom. The van der Waals surface area contributed by atoms with Crippen molar-refractivity contribution in [3.63, 3.8) is 0 Å². The first-order valence-corrected chi connectivity index (χ1v) is 4.46. The number of nitrogens with zero attached hydrogens (tertiary/aromatic N) is 1. The van der Waals surface area contributed by atoms with Crippen LogP contribution in [0, 0.1) is 11.3 Å². The molecule has 0 aromatic heterocycles. The number of benzene rings is 1. The van der Waals surface area contributed by atoms with Gasteiger partial charge in [-0.1, -0.05) is 17.7 Å². The van der Waals surface area contributed by atoms with Gasteiger partial charge in [0.15, 0.2) is 5.38 Å². The maximum absolute atomic E-state index is 8.38. The third-order valence-electron chi connectivity index (χ3n) is 1.33. The Morgan fingerprint density at radius 2 is 2.31 bits per heavy atom. The van der Waals surface area contributed by atoms with E-state index in [4.69, 9.17) is 33.2 Å². The van der Waals surface area contributed by atoms with Gasteiger partial charge in [-0.2, -0.15) is 5.26 Å². The van der Waals surface area contributed by atoms with Crippen LogP contribution in [0.4, 0.5) is 0 Å². The van der Waals surface area contributed by atoms with Crippen LogP contribution in [-0.4, -0.2) is 12.0 Å². The second-order valence-corrected chi connectivity index (χ2v) is 3.33. The van der Waals surface area contributed by atoms with Gasteiger partial charge in [0.05, 0.1) is 6.07 Å². The molecule has 0 aliphatic carbocycles. The van der Waals surface area contributed by atoms with Crippen molar-refractivity contribution < 1.29 is 4.74 Å². The highest BCUT2D eigenvalue weighted by molar-refractivity contribution is 6.30. The van der Waals surface area contributed by atoms with Crippen LogP contribution in [0.2, 0.25) is 5.02 Å². The van der Waals surface area contributed by atoms with Crippen LogP contribution in [0.1, 0.15) is 0 Å². The second kappa shape index (κ2) is 4.96. The molecule has 0 spiro atoms. The van der Waals surface area contributed by atoms with Gasteiger partial charge in [0, 0.05) is 5.02 Å². The fourth-order valence-corrected chi connectivity index (χ4v) is 1.01. The zero-order valence-corrected chi connectivity index (χ0v) is 8.22. The molecule has 2 nitrogen and oxygen atoms in total. The summed E-state index contributed by atoms with van der Waals surface area (Å²) in [5, 5.41) is 8.35. The molecule has 0 aliphatic heterocycles. The average Bonchev–Trinajstić information content (AvgIpc) is 2.14. The van der Waals surface area contributed by atoms with Crippen LogP contribution in [0.15, 0.2) is 24.3 Å². The Morgan fingerprint density at radius 3 is 2.92 bits per heavy atom. The van der Waals surface area contributed by atoms with Crippen molar-refractivity contribution in [1.82, 2.24) is 0 Å². The largest absolute Gasteiger partial charge is 0.491 e. The highest BCUT2D eigenvalue weighted by Gasteiger charge is 2.02. The quantitative estimate of drug-likeness (QED) is 0.727. The van der Waals surface area contributed by atoms with Crippen molar-refractivity contribution >= 4 is 23.2 Å². The van der Waals surface area contributed by atoms with E-state index in [0.29, 0.717) is 10.8 Å². The molecular weight excluding hydrogens is 209 g/mol. The number of halogens is 2. The number of rotatable bonds is 3. The van der Waals surface area contributed by atoms with E-state index in [0.717, 1.165) is 0 Å². The number of hydrogen-bond acceptors (Lipinski definition) is 2. The molecule has 13 heavy (non-hydrogen) atoms. The lowest BCUT2D eigenvalue weighted by molar-refractivity contribution is 0.329. The summed E-state index contributed by atoms with van der Waals surface area (Å²) in [4.78, 5) is 0. The molecule has 0 fully saturated rings. The van der Waals surface area contributed by atoms with E-state index in [1.54, 1.807) is 24.3 Å². The van der Waals surface area contributed by atoms with E-state index in [2.05, 4.69) is 0 Å². The van der Waals surface area contributed by atoms with Crippen LogP contribution in [0.3, 0.4) is 0 Å².